The van der Waals surface area contributed by atoms with Crippen LogP contribution in [0.5, 0.6) is 0 Å². The standard InChI is InChI=1S/C38H28N4/c1-38(2)30-15-7-10-18-33(30)40-24-29-28-14-6-9-17-32(28)41(35(29)36(38)40)27-22-20-25(21-23-27)37-39-31-16-8-11-19-34(31)42(37)26-12-4-3-5-13-26/h3-24H,1-2H3. The Morgan fingerprint density at radius 2 is 1.24 bits per heavy atom. The van der Waals surface area contributed by atoms with E-state index in [1.807, 2.05) is 0 Å². The summed E-state index contributed by atoms with van der Waals surface area (Å²) in [7, 11) is 0. The van der Waals surface area contributed by atoms with Gasteiger partial charge in [0.05, 0.1) is 27.8 Å². The van der Waals surface area contributed by atoms with Gasteiger partial charge in [-0.1, -0.05) is 80.6 Å². The molecule has 0 N–H and O–H groups in total. The zero-order valence-corrected chi connectivity index (χ0v) is 23.5. The van der Waals surface area contributed by atoms with E-state index < -0.39 is 0 Å². The number of hydrogen-bond donors (Lipinski definition) is 0. The lowest BCUT2D eigenvalue weighted by molar-refractivity contribution is 0.646. The van der Waals surface area contributed by atoms with Crippen LogP contribution < -0.4 is 0 Å². The average molecular weight is 541 g/mol. The number of aromatic nitrogens is 4. The highest BCUT2D eigenvalue weighted by Gasteiger charge is 2.39. The summed E-state index contributed by atoms with van der Waals surface area (Å²) in [5.74, 6) is 0.942. The third-order valence-electron chi connectivity index (χ3n) is 9.03. The molecule has 4 heterocycles. The van der Waals surface area contributed by atoms with Crippen molar-refractivity contribution < 1.29 is 0 Å². The summed E-state index contributed by atoms with van der Waals surface area (Å²) >= 11 is 0. The summed E-state index contributed by atoms with van der Waals surface area (Å²) in [5, 5.41) is 2.57. The number of benzene rings is 5. The summed E-state index contributed by atoms with van der Waals surface area (Å²) in [6.07, 6.45) is 2.34. The molecule has 0 aliphatic carbocycles. The minimum Gasteiger partial charge on any atom is -0.317 e. The normalized spacial score (nSPS) is 13.7. The Bertz CT molecular complexity index is 2310. The molecule has 8 aromatic rings. The Balaban J connectivity index is 1.27. The van der Waals surface area contributed by atoms with Gasteiger partial charge in [-0.05, 0) is 66.2 Å². The van der Waals surface area contributed by atoms with Crippen molar-refractivity contribution in [3.63, 3.8) is 0 Å². The molecular weight excluding hydrogens is 512 g/mol. The van der Waals surface area contributed by atoms with Crippen molar-refractivity contribution in [2.75, 3.05) is 0 Å². The Kier molecular flexibility index (Phi) is 4.64. The van der Waals surface area contributed by atoms with Crippen LogP contribution in [0, 0.1) is 0 Å². The molecule has 42 heavy (non-hydrogen) atoms. The van der Waals surface area contributed by atoms with Crippen LogP contribution in [0.25, 0.3) is 61.3 Å². The molecule has 4 nitrogen and oxygen atoms in total. The maximum absolute atomic E-state index is 5.09. The van der Waals surface area contributed by atoms with Crippen LogP contribution in [-0.2, 0) is 5.41 Å². The number of rotatable bonds is 3. The van der Waals surface area contributed by atoms with Gasteiger partial charge in [-0.2, -0.15) is 0 Å². The average Bonchev–Trinajstić information content (AvgIpc) is 3.75. The number of hydrogen-bond acceptors (Lipinski definition) is 1. The van der Waals surface area contributed by atoms with Crippen LogP contribution in [0.4, 0.5) is 0 Å². The molecule has 200 valence electrons. The van der Waals surface area contributed by atoms with E-state index in [0.29, 0.717) is 0 Å². The summed E-state index contributed by atoms with van der Waals surface area (Å²) in [5.41, 5.74) is 11.8. The van der Waals surface area contributed by atoms with Crippen LogP contribution in [0.1, 0.15) is 25.1 Å². The van der Waals surface area contributed by atoms with Gasteiger partial charge in [0, 0.05) is 45.0 Å². The predicted octanol–water partition coefficient (Wildman–Crippen LogP) is 9.22. The van der Waals surface area contributed by atoms with Crippen LogP contribution >= 0.6 is 0 Å². The van der Waals surface area contributed by atoms with Crippen molar-refractivity contribution in [3.05, 3.63) is 145 Å². The fraction of sp³-hybridized carbons (Fsp3) is 0.0789. The van der Waals surface area contributed by atoms with E-state index in [0.717, 1.165) is 33.8 Å². The highest BCUT2D eigenvalue weighted by Crippen LogP contribution is 2.49. The molecular formula is C38H28N4. The number of nitrogens with zero attached hydrogens (tertiary/aromatic N) is 4. The Labute approximate surface area is 243 Å². The lowest BCUT2D eigenvalue weighted by atomic mass is 9.83. The molecule has 0 radical (unpaired) electrons. The number of fused-ring (bicyclic) bond motifs is 8. The third-order valence-corrected chi connectivity index (χ3v) is 9.03. The molecule has 1 aliphatic heterocycles. The maximum Gasteiger partial charge on any atom is 0.145 e. The van der Waals surface area contributed by atoms with E-state index in [-0.39, 0.29) is 5.41 Å². The Morgan fingerprint density at radius 3 is 2.07 bits per heavy atom. The molecule has 0 unspecified atom stereocenters. The molecule has 0 saturated heterocycles. The molecule has 0 atom stereocenters. The van der Waals surface area contributed by atoms with Crippen molar-refractivity contribution >= 4 is 32.8 Å². The maximum atomic E-state index is 5.09. The van der Waals surface area contributed by atoms with E-state index in [4.69, 9.17) is 4.98 Å². The minimum absolute atomic E-state index is 0.120. The third kappa shape index (κ3) is 3.04. The second-order valence-corrected chi connectivity index (χ2v) is 11.7. The molecule has 0 amide bonds. The molecule has 1 aliphatic rings. The molecule has 9 rings (SSSR count). The molecule has 0 fully saturated rings. The van der Waals surface area contributed by atoms with Gasteiger partial charge in [0.15, 0.2) is 0 Å². The summed E-state index contributed by atoms with van der Waals surface area (Å²) < 4.78 is 7.13. The lowest BCUT2D eigenvalue weighted by Crippen LogP contribution is -2.16. The van der Waals surface area contributed by atoms with Gasteiger partial charge in [-0.3, -0.25) is 4.57 Å². The van der Waals surface area contributed by atoms with E-state index in [9.17, 15) is 0 Å². The second kappa shape index (κ2) is 8.34. The molecule has 0 bridgehead atoms. The van der Waals surface area contributed by atoms with Crippen LogP contribution in [0.15, 0.2) is 134 Å². The first-order chi connectivity index (χ1) is 20.6. The quantitative estimate of drug-likeness (QED) is 0.219. The fourth-order valence-corrected chi connectivity index (χ4v) is 7.15. The van der Waals surface area contributed by atoms with Gasteiger partial charge in [-0.25, -0.2) is 4.98 Å². The summed E-state index contributed by atoms with van der Waals surface area (Å²) in [6, 6.07) is 45.4. The monoisotopic (exact) mass is 540 g/mol. The highest BCUT2D eigenvalue weighted by molar-refractivity contribution is 6.11. The van der Waals surface area contributed by atoms with Crippen molar-refractivity contribution in [2.24, 2.45) is 0 Å². The fourth-order valence-electron chi connectivity index (χ4n) is 7.15. The lowest BCUT2D eigenvalue weighted by Gasteiger charge is -2.21. The van der Waals surface area contributed by atoms with Gasteiger partial charge in [0.25, 0.3) is 0 Å². The minimum atomic E-state index is -0.120. The van der Waals surface area contributed by atoms with Crippen molar-refractivity contribution in [2.45, 2.75) is 19.3 Å². The van der Waals surface area contributed by atoms with Gasteiger partial charge >= 0.3 is 0 Å². The molecule has 3 aromatic heterocycles. The predicted molar refractivity (Wildman–Crippen MR) is 172 cm³/mol. The number of imidazole rings is 1. The van der Waals surface area contributed by atoms with Crippen molar-refractivity contribution in [3.8, 4) is 28.5 Å². The first-order valence-corrected chi connectivity index (χ1v) is 14.5. The van der Waals surface area contributed by atoms with Crippen LogP contribution in [-0.4, -0.2) is 18.7 Å². The molecule has 0 spiro atoms. The highest BCUT2D eigenvalue weighted by atomic mass is 15.1. The molecule has 0 saturated carbocycles. The first-order valence-electron chi connectivity index (χ1n) is 14.5. The van der Waals surface area contributed by atoms with Crippen molar-refractivity contribution in [1.82, 2.24) is 18.7 Å². The zero-order valence-electron chi connectivity index (χ0n) is 23.5. The van der Waals surface area contributed by atoms with E-state index in [1.54, 1.807) is 0 Å². The SMILES string of the molecule is CC1(C)c2ccccc2-n2cc3c4ccccc4n(-c4ccc(-c5nc6ccccc6n5-c5ccccc5)cc4)c3c21. The van der Waals surface area contributed by atoms with E-state index in [1.165, 1.54) is 38.8 Å². The zero-order chi connectivity index (χ0) is 28.0. The van der Waals surface area contributed by atoms with E-state index in [2.05, 4.69) is 161 Å². The second-order valence-electron chi connectivity index (χ2n) is 11.7. The summed E-state index contributed by atoms with van der Waals surface area (Å²) in [4.78, 5) is 5.09. The topological polar surface area (TPSA) is 27.7 Å². The van der Waals surface area contributed by atoms with Crippen LogP contribution in [0.3, 0.4) is 0 Å². The first kappa shape index (κ1) is 23.4. The van der Waals surface area contributed by atoms with Gasteiger partial charge in [0.2, 0.25) is 0 Å². The largest absolute Gasteiger partial charge is 0.317 e. The summed E-state index contributed by atoms with van der Waals surface area (Å²) in [6.45, 7) is 4.70. The number of para-hydroxylation sites is 5. The molecule has 5 aromatic carbocycles. The molecule has 4 heteroatoms. The smallest absolute Gasteiger partial charge is 0.145 e. The van der Waals surface area contributed by atoms with Gasteiger partial charge in [0.1, 0.15) is 5.82 Å². The Hall–Kier alpha value is -5.35. The van der Waals surface area contributed by atoms with E-state index >= 15 is 0 Å². The Morgan fingerprint density at radius 1 is 0.571 bits per heavy atom. The van der Waals surface area contributed by atoms with Gasteiger partial charge in [-0.15, -0.1) is 0 Å². The van der Waals surface area contributed by atoms with Gasteiger partial charge < -0.3 is 9.13 Å². The van der Waals surface area contributed by atoms with Crippen LogP contribution in [0.2, 0.25) is 0 Å². The van der Waals surface area contributed by atoms with Crippen molar-refractivity contribution in [1.29, 1.82) is 0 Å².